The van der Waals surface area contributed by atoms with E-state index in [9.17, 15) is 9.59 Å². The predicted molar refractivity (Wildman–Crippen MR) is 184 cm³/mol. The molecule has 3 aliphatic rings. The zero-order valence-corrected chi connectivity index (χ0v) is 28.3. The molecule has 2 saturated heterocycles. The summed E-state index contributed by atoms with van der Waals surface area (Å²) < 4.78 is 5.44. The highest BCUT2D eigenvalue weighted by molar-refractivity contribution is 6.33. The lowest BCUT2D eigenvalue weighted by atomic mass is 10.0. The van der Waals surface area contributed by atoms with Crippen LogP contribution in [-0.4, -0.2) is 101 Å². The second-order valence-corrected chi connectivity index (χ2v) is 13.3. The molecule has 12 heteroatoms. The normalized spacial score (nSPS) is 19.0. The zero-order chi connectivity index (χ0) is 33.1. The SMILES string of the molecule is CC(/C=N\C(=O)[C@@H](C)N1Cc2ccc(-c3nc(NC4CCOCC4)ncc3Cl)cc2C1=O)c1ccnc(N2CCC(N(C)C)CC2)c1. The van der Waals surface area contributed by atoms with Crippen molar-refractivity contribution in [2.24, 2.45) is 4.99 Å². The van der Waals surface area contributed by atoms with E-state index >= 15 is 0 Å². The minimum absolute atomic E-state index is 0.0929. The van der Waals surface area contributed by atoms with Crippen molar-refractivity contribution in [3.63, 3.8) is 0 Å². The number of nitrogens with zero attached hydrogens (tertiary/aromatic N) is 7. The summed E-state index contributed by atoms with van der Waals surface area (Å²) >= 11 is 6.51. The van der Waals surface area contributed by atoms with E-state index in [4.69, 9.17) is 16.3 Å². The fourth-order valence-corrected chi connectivity index (χ4v) is 6.66. The van der Waals surface area contributed by atoms with Crippen molar-refractivity contribution < 1.29 is 14.3 Å². The minimum Gasteiger partial charge on any atom is -0.381 e. The average Bonchev–Trinajstić information content (AvgIpc) is 3.43. The Hall–Kier alpha value is -3.93. The van der Waals surface area contributed by atoms with E-state index in [0.717, 1.165) is 55.7 Å². The van der Waals surface area contributed by atoms with Crippen LogP contribution < -0.4 is 10.2 Å². The first-order valence-corrected chi connectivity index (χ1v) is 16.8. The fraction of sp³-hybridized carbons (Fsp3) is 0.486. The topological polar surface area (TPSA) is 116 Å². The molecule has 11 nitrogen and oxygen atoms in total. The van der Waals surface area contributed by atoms with Gasteiger partial charge in [-0.2, -0.15) is 0 Å². The summed E-state index contributed by atoms with van der Waals surface area (Å²) in [5.74, 6) is 0.775. The molecule has 1 unspecified atom stereocenters. The van der Waals surface area contributed by atoms with Gasteiger partial charge in [0.1, 0.15) is 11.9 Å². The Labute approximate surface area is 281 Å². The number of hydrogen-bond donors (Lipinski definition) is 1. The number of pyridine rings is 1. The molecule has 1 aromatic carbocycles. The van der Waals surface area contributed by atoms with E-state index in [1.54, 1.807) is 30.3 Å². The molecule has 1 N–H and O–H groups in total. The number of ether oxygens (including phenoxy) is 1. The van der Waals surface area contributed by atoms with Crippen molar-refractivity contribution in [3.05, 3.63) is 64.4 Å². The third-order valence-corrected chi connectivity index (χ3v) is 9.85. The number of rotatable bonds is 9. The zero-order valence-electron chi connectivity index (χ0n) is 27.5. The molecular weight excluding hydrogens is 616 g/mol. The number of fused-ring (bicyclic) bond motifs is 1. The van der Waals surface area contributed by atoms with Gasteiger partial charge in [-0.25, -0.2) is 19.9 Å². The number of aliphatic imine (C=N–C) groups is 1. The number of amides is 2. The van der Waals surface area contributed by atoms with Gasteiger partial charge in [0.2, 0.25) is 5.95 Å². The maximum Gasteiger partial charge on any atom is 0.267 e. The number of halogens is 1. The molecule has 2 fully saturated rings. The van der Waals surface area contributed by atoms with Gasteiger partial charge in [-0.15, -0.1) is 0 Å². The maximum atomic E-state index is 13.6. The van der Waals surface area contributed by atoms with Crippen molar-refractivity contribution >= 4 is 41.4 Å². The van der Waals surface area contributed by atoms with Gasteiger partial charge in [0.25, 0.3) is 11.8 Å². The molecule has 0 bridgehead atoms. The van der Waals surface area contributed by atoms with Crippen LogP contribution in [0.5, 0.6) is 0 Å². The number of nitrogens with one attached hydrogen (secondary N) is 1. The Bertz CT molecular complexity index is 1630. The summed E-state index contributed by atoms with van der Waals surface area (Å²) in [5.41, 5.74) is 3.68. The van der Waals surface area contributed by atoms with Crippen LogP contribution in [0.4, 0.5) is 11.8 Å². The highest BCUT2D eigenvalue weighted by Gasteiger charge is 2.34. The van der Waals surface area contributed by atoms with Gasteiger partial charge in [0.05, 0.1) is 16.9 Å². The highest BCUT2D eigenvalue weighted by Crippen LogP contribution is 2.33. The van der Waals surface area contributed by atoms with E-state index in [2.05, 4.69) is 55.2 Å². The van der Waals surface area contributed by atoms with Crippen molar-refractivity contribution in [3.8, 4) is 11.3 Å². The van der Waals surface area contributed by atoms with Crippen LogP contribution in [0.15, 0.2) is 47.7 Å². The molecule has 0 radical (unpaired) electrons. The molecule has 2 amide bonds. The lowest BCUT2D eigenvalue weighted by Gasteiger charge is -2.36. The van der Waals surface area contributed by atoms with E-state index in [1.807, 2.05) is 31.3 Å². The van der Waals surface area contributed by atoms with E-state index in [1.165, 1.54) is 0 Å². The van der Waals surface area contributed by atoms with E-state index in [-0.39, 0.29) is 23.8 Å². The lowest BCUT2D eigenvalue weighted by Crippen LogP contribution is -2.42. The first-order valence-electron chi connectivity index (χ1n) is 16.4. The second kappa shape index (κ2) is 14.5. The molecule has 3 aromatic rings. The van der Waals surface area contributed by atoms with Gasteiger partial charge in [-0.05, 0) is 76.0 Å². The Kier molecular flexibility index (Phi) is 10.1. The van der Waals surface area contributed by atoms with Gasteiger partial charge in [-0.3, -0.25) is 9.59 Å². The van der Waals surface area contributed by atoms with Crippen molar-refractivity contribution in [1.82, 2.24) is 24.8 Å². The molecule has 2 aromatic heterocycles. The number of carbonyl (C=O) groups excluding carboxylic acids is 2. The summed E-state index contributed by atoms with van der Waals surface area (Å²) in [6, 6.07) is 9.78. The van der Waals surface area contributed by atoms with Crippen LogP contribution in [0.2, 0.25) is 5.02 Å². The Morgan fingerprint density at radius 2 is 1.87 bits per heavy atom. The van der Waals surface area contributed by atoms with Crippen LogP contribution in [0.25, 0.3) is 11.3 Å². The summed E-state index contributed by atoms with van der Waals surface area (Å²) in [6.07, 6.45) is 9.04. The summed E-state index contributed by atoms with van der Waals surface area (Å²) in [7, 11) is 4.27. The fourth-order valence-electron chi connectivity index (χ4n) is 6.46. The molecule has 3 aliphatic heterocycles. The number of hydrogen-bond acceptors (Lipinski definition) is 9. The van der Waals surface area contributed by atoms with E-state index < -0.39 is 6.04 Å². The number of benzene rings is 1. The van der Waals surface area contributed by atoms with Crippen LogP contribution >= 0.6 is 11.6 Å². The second-order valence-electron chi connectivity index (χ2n) is 12.9. The molecule has 0 aliphatic carbocycles. The molecule has 2 atom stereocenters. The van der Waals surface area contributed by atoms with Gasteiger partial charge < -0.3 is 24.8 Å². The largest absolute Gasteiger partial charge is 0.381 e. The third kappa shape index (κ3) is 7.47. The first kappa shape index (κ1) is 33.0. The number of carbonyl (C=O) groups is 2. The highest BCUT2D eigenvalue weighted by atomic mass is 35.5. The van der Waals surface area contributed by atoms with E-state index in [0.29, 0.717) is 53.6 Å². The molecule has 6 rings (SSSR count). The Balaban J connectivity index is 1.09. The first-order chi connectivity index (χ1) is 22.7. The van der Waals surface area contributed by atoms with Gasteiger partial charge >= 0.3 is 0 Å². The quantitative estimate of drug-likeness (QED) is 0.315. The maximum absolute atomic E-state index is 13.6. The molecular formula is C35H43ClN8O3. The lowest BCUT2D eigenvalue weighted by molar-refractivity contribution is -0.121. The predicted octanol–water partition coefficient (Wildman–Crippen LogP) is 5.06. The minimum atomic E-state index is -0.717. The Morgan fingerprint density at radius 3 is 2.62 bits per heavy atom. The smallest absolute Gasteiger partial charge is 0.267 e. The molecule has 47 heavy (non-hydrogen) atoms. The van der Waals surface area contributed by atoms with Gasteiger partial charge in [0, 0.05) is 74.4 Å². The number of aromatic nitrogens is 3. The summed E-state index contributed by atoms with van der Waals surface area (Å²) in [4.78, 5) is 50.9. The molecule has 0 saturated carbocycles. The van der Waals surface area contributed by atoms with Crippen LogP contribution in [-0.2, 0) is 16.1 Å². The third-order valence-electron chi connectivity index (χ3n) is 9.58. The summed E-state index contributed by atoms with van der Waals surface area (Å²) in [5, 5.41) is 3.77. The van der Waals surface area contributed by atoms with Crippen LogP contribution in [0, 0.1) is 0 Å². The van der Waals surface area contributed by atoms with Crippen molar-refractivity contribution in [2.75, 3.05) is 50.6 Å². The monoisotopic (exact) mass is 658 g/mol. The van der Waals surface area contributed by atoms with Gasteiger partial charge in [-0.1, -0.05) is 30.7 Å². The molecule has 248 valence electrons. The molecule has 5 heterocycles. The average molecular weight is 659 g/mol. The summed E-state index contributed by atoms with van der Waals surface area (Å²) in [6.45, 7) is 7.41. The van der Waals surface area contributed by atoms with Gasteiger partial charge in [0.15, 0.2) is 0 Å². The Morgan fingerprint density at radius 1 is 1.11 bits per heavy atom. The molecule has 0 spiro atoms. The standard InChI is InChI=1S/C35H43ClN8O3/c1-22(24-7-12-37-31(18-24)43-13-8-28(9-14-43)42(3)4)19-38-33(45)23(2)44-21-26-6-5-25(17-29(26)34(44)46)32-30(36)20-39-35(41-32)40-27-10-15-47-16-11-27/h5-7,12,17-20,22-23,27-28H,8-11,13-16,21H2,1-4H3,(H,39,40,41)/b38-19-/t22?,23-/m1/s1. The number of anilines is 2. The van der Waals surface area contributed by atoms with Crippen molar-refractivity contribution in [1.29, 1.82) is 0 Å². The van der Waals surface area contributed by atoms with Crippen molar-refractivity contribution in [2.45, 2.75) is 70.1 Å². The van der Waals surface area contributed by atoms with Crippen LogP contribution in [0.3, 0.4) is 0 Å². The van der Waals surface area contributed by atoms with Crippen LogP contribution in [0.1, 0.15) is 66.9 Å². The number of piperidine rings is 1.